The fraction of sp³-hybridized carbons (Fsp3) is 0.459. The number of carbonyl (C=O) groups is 2. The molecule has 3 N–H and O–H groups in total. The Morgan fingerprint density at radius 3 is 2.31 bits per heavy atom. The lowest BCUT2D eigenvalue weighted by Crippen LogP contribution is -2.48. The third kappa shape index (κ3) is 9.18. The lowest BCUT2D eigenvalue weighted by Gasteiger charge is -2.27. The van der Waals surface area contributed by atoms with Gasteiger partial charge in [-0.3, -0.25) is 4.79 Å². The number of oxazole rings is 1. The van der Waals surface area contributed by atoms with Crippen LogP contribution >= 0.6 is 0 Å². The van der Waals surface area contributed by atoms with Crippen molar-refractivity contribution in [1.29, 1.82) is 0 Å². The molecule has 2 aromatic heterocycles. The monoisotopic (exact) mass is 677 g/mol. The first-order valence-electron chi connectivity index (χ1n) is 17.0. The van der Waals surface area contributed by atoms with Crippen LogP contribution in [0.2, 0.25) is 0 Å². The topological polar surface area (TPSA) is 137 Å². The van der Waals surface area contributed by atoms with Crippen molar-refractivity contribution in [2.75, 3.05) is 19.6 Å². The minimum Gasteiger partial charge on any atom is -0.456 e. The third-order valence-corrected chi connectivity index (χ3v) is 8.54. The normalized spacial score (nSPS) is 14.9. The van der Waals surface area contributed by atoms with Gasteiger partial charge in [0.1, 0.15) is 24.0 Å². The Balaban J connectivity index is 1.42. The molecular formula is C37H45F2N5O5. The number of esters is 1. The van der Waals surface area contributed by atoms with Crippen molar-refractivity contribution in [2.45, 2.75) is 83.9 Å². The van der Waals surface area contributed by atoms with Crippen LogP contribution < -0.4 is 11.1 Å². The molecule has 4 aromatic rings. The molecule has 2 aromatic carbocycles. The number of hydrogen-bond acceptors (Lipinski definition) is 9. The molecule has 10 nitrogen and oxygen atoms in total. The van der Waals surface area contributed by atoms with Crippen LogP contribution in [0, 0.1) is 17.6 Å². The average molecular weight is 678 g/mol. The first-order chi connectivity index (χ1) is 23.5. The zero-order valence-electron chi connectivity index (χ0n) is 28.5. The molecule has 0 saturated heterocycles. The van der Waals surface area contributed by atoms with Crippen LogP contribution in [0.25, 0.3) is 11.5 Å². The van der Waals surface area contributed by atoms with Crippen molar-refractivity contribution in [1.82, 2.24) is 20.4 Å². The second-order valence-corrected chi connectivity index (χ2v) is 13.3. The van der Waals surface area contributed by atoms with Gasteiger partial charge >= 0.3 is 5.97 Å². The highest BCUT2D eigenvalue weighted by Crippen LogP contribution is 2.46. The molecule has 1 aliphatic carbocycles. The van der Waals surface area contributed by atoms with Gasteiger partial charge in [-0.25, -0.2) is 18.6 Å². The number of nitrogens with one attached hydrogen (secondary N) is 1. The standard InChI is InChI=1S/C37H45F2N5O5/c1-5-10-44(11-6-2)35(45)26-17-25(34-41-9-12-47-34)18-27(19-26)36(46)48-32(31(40)16-24-14-28(38)20-29(39)15-24)22-42-37(7-8-37)33-21-30(43-49-33)13-23(3)4/h9,12,14-15,17-21,23,31-32,42H,5-8,10-11,13,16,22,40H2,1-4H3. The quantitative estimate of drug-likeness (QED) is 0.121. The summed E-state index contributed by atoms with van der Waals surface area (Å²) in [5.41, 5.74) is 8.15. The lowest BCUT2D eigenvalue weighted by atomic mass is 10.0. The van der Waals surface area contributed by atoms with E-state index in [9.17, 15) is 18.4 Å². The van der Waals surface area contributed by atoms with E-state index in [0.29, 0.717) is 41.5 Å². The fourth-order valence-corrected chi connectivity index (χ4v) is 6.00. The largest absolute Gasteiger partial charge is 0.456 e. The predicted molar refractivity (Wildman–Crippen MR) is 180 cm³/mol. The summed E-state index contributed by atoms with van der Waals surface area (Å²) in [5.74, 6) is -1.06. The molecule has 0 spiro atoms. The number of benzene rings is 2. The van der Waals surface area contributed by atoms with Gasteiger partial charge in [-0.15, -0.1) is 0 Å². The molecule has 5 rings (SSSR count). The van der Waals surface area contributed by atoms with Gasteiger partial charge in [-0.2, -0.15) is 0 Å². The smallest absolute Gasteiger partial charge is 0.338 e. The van der Waals surface area contributed by atoms with Gasteiger partial charge in [0.15, 0.2) is 5.76 Å². The summed E-state index contributed by atoms with van der Waals surface area (Å²) in [6, 6.07) is 9.01. The summed E-state index contributed by atoms with van der Waals surface area (Å²) in [5, 5.41) is 7.71. The van der Waals surface area contributed by atoms with Crippen molar-refractivity contribution in [3.8, 4) is 11.5 Å². The van der Waals surface area contributed by atoms with Crippen LogP contribution in [0.5, 0.6) is 0 Å². The molecule has 2 heterocycles. The Labute approximate surface area is 285 Å². The van der Waals surface area contributed by atoms with E-state index in [1.807, 2.05) is 19.9 Å². The number of halogens is 2. The summed E-state index contributed by atoms with van der Waals surface area (Å²) < 4.78 is 45.4. The molecule has 0 radical (unpaired) electrons. The first-order valence-corrected chi connectivity index (χ1v) is 17.0. The van der Waals surface area contributed by atoms with Crippen LogP contribution in [0.1, 0.15) is 91.1 Å². The molecular weight excluding hydrogens is 632 g/mol. The maximum atomic E-state index is 14.1. The van der Waals surface area contributed by atoms with E-state index < -0.39 is 35.3 Å². The highest BCUT2D eigenvalue weighted by molar-refractivity contribution is 5.99. The second-order valence-electron chi connectivity index (χ2n) is 13.3. The van der Waals surface area contributed by atoms with Crippen molar-refractivity contribution in [3.63, 3.8) is 0 Å². The van der Waals surface area contributed by atoms with E-state index in [0.717, 1.165) is 43.9 Å². The van der Waals surface area contributed by atoms with Gasteiger partial charge in [-0.1, -0.05) is 32.9 Å². The molecule has 1 aliphatic rings. The van der Waals surface area contributed by atoms with Gasteiger partial charge in [0.05, 0.1) is 23.0 Å². The average Bonchev–Trinajstić information content (AvgIpc) is 3.40. The molecule has 262 valence electrons. The zero-order chi connectivity index (χ0) is 35.1. The molecule has 2 unspecified atom stereocenters. The van der Waals surface area contributed by atoms with Crippen molar-refractivity contribution in [2.24, 2.45) is 11.7 Å². The highest BCUT2D eigenvalue weighted by atomic mass is 19.1. The van der Waals surface area contributed by atoms with Crippen molar-refractivity contribution >= 4 is 11.9 Å². The van der Waals surface area contributed by atoms with Crippen LogP contribution in [-0.4, -0.2) is 58.7 Å². The van der Waals surface area contributed by atoms with Crippen LogP contribution in [0.4, 0.5) is 8.78 Å². The van der Waals surface area contributed by atoms with Crippen LogP contribution in [-0.2, 0) is 23.1 Å². The van der Waals surface area contributed by atoms with Crippen molar-refractivity contribution < 1.29 is 32.0 Å². The van der Waals surface area contributed by atoms with Gasteiger partial charge in [0, 0.05) is 48.9 Å². The number of ether oxygens (including phenoxy) is 1. The Morgan fingerprint density at radius 2 is 1.69 bits per heavy atom. The minimum absolute atomic E-state index is 0.0330. The Hall–Kier alpha value is -4.42. The number of nitrogens with zero attached hydrogens (tertiary/aromatic N) is 3. The molecule has 49 heavy (non-hydrogen) atoms. The summed E-state index contributed by atoms with van der Waals surface area (Å²) in [7, 11) is 0. The Bertz CT molecular complexity index is 1690. The van der Waals surface area contributed by atoms with E-state index in [1.165, 1.54) is 30.7 Å². The molecule has 12 heteroatoms. The number of aromatic nitrogens is 2. The van der Waals surface area contributed by atoms with Gasteiger partial charge < -0.3 is 29.6 Å². The Kier molecular flexibility index (Phi) is 11.6. The Morgan fingerprint density at radius 1 is 1.00 bits per heavy atom. The zero-order valence-corrected chi connectivity index (χ0v) is 28.5. The SMILES string of the molecule is CCCN(CCC)C(=O)c1cc(C(=O)OC(CNC2(c3cc(CC(C)C)no3)CC2)C(N)Cc2cc(F)cc(F)c2)cc(-c2ncco2)c1. The summed E-state index contributed by atoms with van der Waals surface area (Å²) in [6.45, 7) is 9.45. The second kappa shape index (κ2) is 15.9. The van der Waals surface area contributed by atoms with E-state index in [2.05, 4.69) is 29.3 Å². The molecule has 0 aliphatic heterocycles. The number of carbonyl (C=O) groups excluding carboxylic acids is 2. The highest BCUT2D eigenvalue weighted by Gasteiger charge is 2.48. The van der Waals surface area contributed by atoms with Gasteiger partial charge in [0.2, 0.25) is 5.89 Å². The third-order valence-electron chi connectivity index (χ3n) is 8.54. The van der Waals surface area contributed by atoms with Crippen molar-refractivity contribution in [3.05, 3.63) is 94.7 Å². The molecule has 1 saturated carbocycles. The number of amides is 1. The first kappa shape index (κ1) is 35.9. The summed E-state index contributed by atoms with van der Waals surface area (Å²) in [4.78, 5) is 33.5. The predicted octanol–water partition coefficient (Wildman–Crippen LogP) is 6.44. The number of nitrogens with two attached hydrogens (primary N) is 1. The maximum Gasteiger partial charge on any atom is 0.338 e. The summed E-state index contributed by atoms with van der Waals surface area (Å²) >= 11 is 0. The van der Waals surface area contributed by atoms with Gasteiger partial charge in [0.25, 0.3) is 5.91 Å². The van der Waals surface area contributed by atoms with E-state index in [4.69, 9.17) is 19.4 Å². The van der Waals surface area contributed by atoms with Crippen LogP contribution in [0.3, 0.4) is 0 Å². The molecule has 1 amide bonds. The molecule has 1 fully saturated rings. The molecule has 0 bridgehead atoms. The van der Waals surface area contributed by atoms with E-state index in [-0.39, 0.29) is 30.3 Å². The van der Waals surface area contributed by atoms with E-state index >= 15 is 0 Å². The fourth-order valence-electron chi connectivity index (χ4n) is 6.00. The lowest BCUT2D eigenvalue weighted by molar-refractivity contribution is 0.0226. The number of hydrogen-bond donors (Lipinski definition) is 2. The van der Waals surface area contributed by atoms with E-state index in [1.54, 1.807) is 17.0 Å². The van der Waals surface area contributed by atoms with Crippen LogP contribution in [0.15, 0.2) is 63.9 Å². The maximum absolute atomic E-state index is 14.1. The number of rotatable bonds is 17. The van der Waals surface area contributed by atoms with Gasteiger partial charge in [-0.05, 0) is 80.3 Å². The summed E-state index contributed by atoms with van der Waals surface area (Å²) in [6.07, 6.45) is 5.88. The minimum atomic E-state index is -0.935. The molecule has 2 atom stereocenters.